The summed E-state index contributed by atoms with van der Waals surface area (Å²) < 4.78 is 18.7. The minimum atomic E-state index is -0.574. The van der Waals surface area contributed by atoms with Crippen molar-refractivity contribution in [3.05, 3.63) is 87.7 Å². The Bertz CT molecular complexity index is 1110. The molecule has 0 heterocycles. The lowest BCUT2D eigenvalue weighted by molar-refractivity contribution is -0.118. The van der Waals surface area contributed by atoms with Crippen molar-refractivity contribution in [1.82, 2.24) is 0 Å². The summed E-state index contributed by atoms with van der Waals surface area (Å²) in [4.78, 5) is 24.6. The first-order valence-electron chi connectivity index (χ1n) is 8.87. The van der Waals surface area contributed by atoms with E-state index in [1.165, 1.54) is 18.2 Å². The van der Waals surface area contributed by atoms with Crippen LogP contribution in [0, 0.1) is 12.7 Å². The maximum absolute atomic E-state index is 13.2. The van der Waals surface area contributed by atoms with Crippen LogP contribution in [0.15, 0.2) is 60.7 Å². The zero-order valence-corrected chi connectivity index (χ0v) is 17.4. The molecule has 3 aromatic rings. The molecule has 3 aromatic carbocycles. The van der Waals surface area contributed by atoms with E-state index in [1.54, 1.807) is 36.4 Å². The number of hydrogen-bond acceptors (Lipinski definition) is 3. The Hall–Kier alpha value is -3.09. The zero-order chi connectivity index (χ0) is 21.7. The van der Waals surface area contributed by atoms with Crippen molar-refractivity contribution in [2.24, 2.45) is 0 Å². The van der Waals surface area contributed by atoms with Gasteiger partial charge in [-0.15, -0.1) is 0 Å². The molecule has 5 nitrogen and oxygen atoms in total. The Balaban J connectivity index is 1.60. The summed E-state index contributed by atoms with van der Waals surface area (Å²) in [6.07, 6.45) is 0. The number of ether oxygens (including phenoxy) is 1. The van der Waals surface area contributed by atoms with Crippen molar-refractivity contribution in [2.45, 2.75) is 6.92 Å². The number of hydrogen-bond donors (Lipinski definition) is 2. The first kappa shape index (κ1) is 21.6. The largest absolute Gasteiger partial charge is 0.484 e. The number of amides is 2. The zero-order valence-electron chi connectivity index (χ0n) is 15.8. The van der Waals surface area contributed by atoms with Crippen LogP contribution in [0.2, 0.25) is 10.0 Å². The first-order valence-corrected chi connectivity index (χ1v) is 9.62. The maximum Gasteiger partial charge on any atom is 0.262 e. The molecule has 0 saturated carbocycles. The number of aryl methyl sites for hydroxylation is 1. The normalized spacial score (nSPS) is 10.4. The van der Waals surface area contributed by atoms with Gasteiger partial charge in [0.2, 0.25) is 0 Å². The Morgan fingerprint density at radius 3 is 2.43 bits per heavy atom. The molecule has 0 bridgehead atoms. The van der Waals surface area contributed by atoms with Crippen molar-refractivity contribution >= 4 is 46.4 Å². The molecule has 8 heteroatoms. The molecule has 0 radical (unpaired) electrons. The molecular formula is C22H17Cl2FN2O3. The molecule has 0 unspecified atom stereocenters. The van der Waals surface area contributed by atoms with Gasteiger partial charge in [0.15, 0.2) is 6.61 Å². The SMILES string of the molecule is Cc1cc(OCC(=O)Nc2cccc(C(=O)Nc3ccc(F)c(Cl)c3)c2)ccc1Cl. The van der Waals surface area contributed by atoms with E-state index in [2.05, 4.69) is 10.6 Å². The van der Waals surface area contributed by atoms with Crippen molar-refractivity contribution in [1.29, 1.82) is 0 Å². The maximum atomic E-state index is 13.2. The number of benzene rings is 3. The van der Waals surface area contributed by atoms with E-state index >= 15 is 0 Å². The second kappa shape index (κ2) is 9.61. The van der Waals surface area contributed by atoms with E-state index in [9.17, 15) is 14.0 Å². The van der Waals surface area contributed by atoms with E-state index < -0.39 is 11.7 Å². The summed E-state index contributed by atoms with van der Waals surface area (Å²) in [6.45, 7) is 1.64. The third-order valence-corrected chi connectivity index (χ3v) is 4.80. The molecule has 0 atom stereocenters. The Morgan fingerprint density at radius 2 is 1.70 bits per heavy atom. The Labute approximate surface area is 182 Å². The lowest BCUT2D eigenvalue weighted by Crippen LogP contribution is -2.20. The molecule has 3 rings (SSSR count). The molecule has 0 aromatic heterocycles. The molecule has 0 aliphatic carbocycles. The summed E-state index contributed by atoms with van der Waals surface area (Å²) in [5, 5.41) is 5.82. The number of rotatable bonds is 6. The van der Waals surface area contributed by atoms with Gasteiger partial charge in [-0.3, -0.25) is 9.59 Å². The predicted octanol–water partition coefficient (Wildman–Crippen LogP) is 5.71. The third-order valence-electron chi connectivity index (χ3n) is 4.09. The summed E-state index contributed by atoms with van der Waals surface area (Å²) in [6, 6.07) is 15.4. The average Bonchev–Trinajstić information content (AvgIpc) is 2.72. The van der Waals surface area contributed by atoms with Crippen LogP contribution in [-0.4, -0.2) is 18.4 Å². The Kier molecular flexibility index (Phi) is 6.92. The molecule has 0 aliphatic heterocycles. The summed E-state index contributed by atoms with van der Waals surface area (Å²) in [5.74, 6) is -0.861. The van der Waals surface area contributed by atoms with Gasteiger partial charge in [-0.1, -0.05) is 29.3 Å². The van der Waals surface area contributed by atoms with Gasteiger partial charge in [0, 0.05) is 22.0 Å². The molecule has 0 fully saturated rings. The molecule has 0 spiro atoms. The Morgan fingerprint density at radius 1 is 0.933 bits per heavy atom. The van der Waals surface area contributed by atoms with E-state index in [0.717, 1.165) is 11.6 Å². The van der Waals surface area contributed by atoms with Crippen LogP contribution in [0.4, 0.5) is 15.8 Å². The minimum Gasteiger partial charge on any atom is -0.484 e. The van der Waals surface area contributed by atoms with Gasteiger partial charge in [0.1, 0.15) is 11.6 Å². The number of carbonyl (C=O) groups is 2. The van der Waals surface area contributed by atoms with Gasteiger partial charge in [0.05, 0.1) is 5.02 Å². The fourth-order valence-electron chi connectivity index (χ4n) is 2.57. The number of carbonyl (C=O) groups excluding carboxylic acids is 2. The highest BCUT2D eigenvalue weighted by molar-refractivity contribution is 6.31. The van der Waals surface area contributed by atoms with Gasteiger partial charge in [0.25, 0.3) is 11.8 Å². The predicted molar refractivity (Wildman–Crippen MR) is 116 cm³/mol. The average molecular weight is 447 g/mol. The first-order chi connectivity index (χ1) is 14.3. The summed E-state index contributed by atoms with van der Waals surface area (Å²) in [7, 11) is 0. The van der Waals surface area contributed by atoms with Crippen molar-refractivity contribution in [2.75, 3.05) is 17.2 Å². The van der Waals surface area contributed by atoms with Crippen LogP contribution < -0.4 is 15.4 Å². The summed E-state index contributed by atoms with van der Waals surface area (Å²) >= 11 is 11.7. The highest BCUT2D eigenvalue weighted by atomic mass is 35.5. The monoisotopic (exact) mass is 446 g/mol. The highest BCUT2D eigenvalue weighted by Crippen LogP contribution is 2.22. The second-order valence-corrected chi connectivity index (χ2v) is 7.23. The van der Waals surface area contributed by atoms with Gasteiger partial charge < -0.3 is 15.4 Å². The summed E-state index contributed by atoms with van der Waals surface area (Å²) in [5.41, 5.74) is 1.94. The van der Waals surface area contributed by atoms with Crippen LogP contribution in [0.1, 0.15) is 15.9 Å². The number of halogens is 3. The van der Waals surface area contributed by atoms with E-state index in [-0.39, 0.29) is 17.5 Å². The molecular weight excluding hydrogens is 430 g/mol. The van der Waals surface area contributed by atoms with Crippen LogP contribution in [0.5, 0.6) is 5.75 Å². The minimum absolute atomic E-state index is 0.0929. The molecule has 0 aliphatic rings. The third kappa shape index (κ3) is 5.72. The smallest absolute Gasteiger partial charge is 0.262 e. The van der Waals surface area contributed by atoms with Crippen LogP contribution in [-0.2, 0) is 4.79 Å². The van der Waals surface area contributed by atoms with Crippen LogP contribution in [0.25, 0.3) is 0 Å². The van der Waals surface area contributed by atoms with E-state index in [4.69, 9.17) is 27.9 Å². The quantitative estimate of drug-likeness (QED) is 0.509. The fourth-order valence-corrected chi connectivity index (χ4v) is 2.87. The van der Waals surface area contributed by atoms with Crippen molar-refractivity contribution in [3.63, 3.8) is 0 Å². The van der Waals surface area contributed by atoms with E-state index in [1.807, 2.05) is 6.92 Å². The molecule has 154 valence electrons. The molecule has 2 N–H and O–H groups in total. The van der Waals surface area contributed by atoms with Crippen LogP contribution in [0.3, 0.4) is 0 Å². The van der Waals surface area contributed by atoms with Gasteiger partial charge in [-0.05, 0) is 67.1 Å². The topological polar surface area (TPSA) is 67.4 Å². The molecule has 30 heavy (non-hydrogen) atoms. The van der Waals surface area contributed by atoms with E-state index in [0.29, 0.717) is 27.7 Å². The van der Waals surface area contributed by atoms with Crippen molar-refractivity contribution < 1.29 is 18.7 Å². The fraction of sp³-hybridized carbons (Fsp3) is 0.0909. The van der Waals surface area contributed by atoms with Gasteiger partial charge >= 0.3 is 0 Å². The number of nitrogens with one attached hydrogen (secondary N) is 2. The standard InChI is InChI=1S/C22H17Cl2FN2O3/c1-13-9-17(6-7-18(13)23)30-12-21(28)26-15-4-2-3-14(10-15)22(29)27-16-5-8-20(25)19(24)11-16/h2-11H,12H2,1H3,(H,26,28)(H,27,29). The van der Waals surface area contributed by atoms with Crippen LogP contribution >= 0.6 is 23.2 Å². The number of anilines is 2. The molecule has 2 amide bonds. The lowest BCUT2D eigenvalue weighted by atomic mass is 10.2. The molecule has 0 saturated heterocycles. The second-order valence-electron chi connectivity index (χ2n) is 6.41. The van der Waals surface area contributed by atoms with Gasteiger partial charge in [-0.2, -0.15) is 0 Å². The lowest BCUT2D eigenvalue weighted by Gasteiger charge is -2.10. The van der Waals surface area contributed by atoms with Crippen molar-refractivity contribution in [3.8, 4) is 5.75 Å². The van der Waals surface area contributed by atoms with Gasteiger partial charge in [-0.25, -0.2) is 4.39 Å². The highest BCUT2D eigenvalue weighted by Gasteiger charge is 2.10.